The first kappa shape index (κ1) is 20.5. The van der Waals surface area contributed by atoms with E-state index in [0.717, 1.165) is 55.8 Å². The van der Waals surface area contributed by atoms with Gasteiger partial charge in [0.05, 0.1) is 21.3 Å². The molecule has 3 nitrogen and oxygen atoms in total. The largest absolute Gasteiger partial charge is 0.437 e. The van der Waals surface area contributed by atoms with Gasteiger partial charge in [-0.1, -0.05) is 91.0 Å². The van der Waals surface area contributed by atoms with Crippen LogP contribution in [-0.2, 0) is 0 Å². The minimum absolute atomic E-state index is 0.838. The van der Waals surface area contributed by atoms with Crippen LogP contribution < -0.4 is 0 Å². The summed E-state index contributed by atoms with van der Waals surface area (Å²) in [5.74, 6) is 0.845. The molecule has 0 radical (unpaired) electrons. The van der Waals surface area contributed by atoms with Gasteiger partial charge in [0.1, 0.15) is 5.82 Å². The van der Waals surface area contributed by atoms with Crippen LogP contribution in [0.1, 0.15) is 0 Å². The Morgan fingerprint density at radius 3 is 2.11 bits per heavy atom. The highest BCUT2D eigenvalue weighted by Gasteiger charge is 2.23. The fraction of sp³-hybridized carbons (Fsp3) is 0. The zero-order valence-electron chi connectivity index (χ0n) is 19.8. The molecule has 0 bridgehead atoms. The van der Waals surface area contributed by atoms with Crippen molar-refractivity contribution >= 4 is 53.7 Å². The molecule has 0 saturated heterocycles. The quantitative estimate of drug-likeness (QED) is 0.246. The number of pyridine rings is 1. The first-order valence-corrected chi connectivity index (χ1v) is 13.1. The van der Waals surface area contributed by atoms with Crippen LogP contribution in [0.15, 0.2) is 126 Å². The smallest absolute Gasteiger partial charge is 0.215 e. The maximum Gasteiger partial charge on any atom is 0.215 e. The first-order valence-electron chi connectivity index (χ1n) is 12.3. The standard InChI is InChI=1S/C33H20N2OS/c1-3-11-21(12-4-1)23-19-26(22-13-5-2-6-14-22)34-29(20-23)35-27-17-9-7-15-24(27)30-32-31(36-33(30)35)25-16-8-10-18-28(25)37-32/h1-20H. The molecule has 0 spiro atoms. The van der Waals surface area contributed by atoms with Gasteiger partial charge in [-0.25, -0.2) is 4.98 Å². The highest BCUT2D eigenvalue weighted by molar-refractivity contribution is 7.26. The van der Waals surface area contributed by atoms with Gasteiger partial charge < -0.3 is 4.42 Å². The van der Waals surface area contributed by atoms with Crippen molar-refractivity contribution in [2.75, 3.05) is 0 Å². The third-order valence-corrected chi connectivity index (χ3v) is 8.19. The normalized spacial score (nSPS) is 11.8. The number of hydrogen-bond acceptors (Lipinski definition) is 3. The van der Waals surface area contributed by atoms with E-state index < -0.39 is 0 Å². The van der Waals surface area contributed by atoms with Crippen LogP contribution in [0.2, 0.25) is 0 Å². The summed E-state index contributed by atoms with van der Waals surface area (Å²) in [7, 11) is 0. The van der Waals surface area contributed by atoms with Gasteiger partial charge in [-0.3, -0.25) is 4.57 Å². The Kier molecular flexibility index (Phi) is 4.39. The lowest BCUT2D eigenvalue weighted by Crippen LogP contribution is -1.99. The number of para-hydroxylation sites is 1. The van der Waals surface area contributed by atoms with E-state index in [4.69, 9.17) is 9.40 Å². The van der Waals surface area contributed by atoms with Crippen LogP contribution in [-0.4, -0.2) is 9.55 Å². The van der Waals surface area contributed by atoms with E-state index >= 15 is 0 Å². The van der Waals surface area contributed by atoms with E-state index in [0.29, 0.717) is 0 Å². The Bertz CT molecular complexity index is 2020. The zero-order valence-corrected chi connectivity index (χ0v) is 20.6. The molecule has 4 heteroatoms. The van der Waals surface area contributed by atoms with Crippen molar-refractivity contribution in [2.45, 2.75) is 0 Å². The predicted octanol–water partition coefficient (Wildman–Crippen LogP) is 9.47. The van der Waals surface area contributed by atoms with E-state index in [-0.39, 0.29) is 0 Å². The second kappa shape index (κ2) is 7.92. The van der Waals surface area contributed by atoms with Gasteiger partial charge in [0.15, 0.2) is 5.58 Å². The second-order valence-electron chi connectivity index (χ2n) is 9.22. The molecule has 0 fully saturated rings. The van der Waals surface area contributed by atoms with Gasteiger partial charge in [-0.05, 0) is 41.5 Å². The topological polar surface area (TPSA) is 31.0 Å². The summed E-state index contributed by atoms with van der Waals surface area (Å²) in [6.45, 7) is 0. The van der Waals surface area contributed by atoms with Crippen LogP contribution in [0.5, 0.6) is 0 Å². The molecule has 0 N–H and O–H groups in total. The van der Waals surface area contributed by atoms with Gasteiger partial charge in [-0.2, -0.15) is 0 Å². The third-order valence-electron chi connectivity index (χ3n) is 7.02. The van der Waals surface area contributed by atoms with Gasteiger partial charge in [0.25, 0.3) is 0 Å². The lowest BCUT2D eigenvalue weighted by molar-refractivity contribution is 0.647. The summed E-state index contributed by atoms with van der Waals surface area (Å²) >= 11 is 1.79. The Morgan fingerprint density at radius 1 is 0.622 bits per heavy atom. The number of aromatic nitrogens is 2. The summed E-state index contributed by atoms with van der Waals surface area (Å²) < 4.78 is 11.3. The average molecular weight is 493 g/mol. The minimum Gasteiger partial charge on any atom is -0.437 e. The highest BCUT2D eigenvalue weighted by Crippen LogP contribution is 2.45. The molecule has 8 rings (SSSR count). The zero-order chi connectivity index (χ0) is 24.3. The molecular formula is C33H20N2OS. The van der Waals surface area contributed by atoms with Crippen LogP contribution in [0, 0.1) is 0 Å². The SMILES string of the molecule is c1ccc(-c2cc(-c3ccccc3)nc(-n3c4ccccc4c4c5sc6ccccc6c5oc43)c2)cc1. The highest BCUT2D eigenvalue weighted by atomic mass is 32.1. The minimum atomic E-state index is 0.838. The lowest BCUT2D eigenvalue weighted by atomic mass is 10.0. The summed E-state index contributed by atoms with van der Waals surface area (Å²) in [6.07, 6.45) is 0. The van der Waals surface area contributed by atoms with Gasteiger partial charge in [0.2, 0.25) is 5.71 Å². The molecule has 4 aromatic carbocycles. The van der Waals surface area contributed by atoms with Gasteiger partial charge in [0, 0.05) is 21.0 Å². The summed E-state index contributed by atoms with van der Waals surface area (Å²) in [5, 5.41) is 3.49. The van der Waals surface area contributed by atoms with Crippen molar-refractivity contribution in [3.05, 3.63) is 121 Å². The Labute approximate surface area is 216 Å². The van der Waals surface area contributed by atoms with Crippen molar-refractivity contribution in [2.24, 2.45) is 0 Å². The maximum absolute atomic E-state index is 6.70. The van der Waals surface area contributed by atoms with Crippen LogP contribution in [0.4, 0.5) is 0 Å². The molecular weight excluding hydrogens is 472 g/mol. The van der Waals surface area contributed by atoms with Crippen LogP contribution in [0.3, 0.4) is 0 Å². The molecule has 0 saturated carbocycles. The van der Waals surface area contributed by atoms with Crippen molar-refractivity contribution in [1.82, 2.24) is 9.55 Å². The van der Waals surface area contributed by atoms with Gasteiger partial charge >= 0.3 is 0 Å². The molecule has 0 aliphatic heterocycles. The molecule has 8 aromatic rings. The third kappa shape index (κ3) is 3.09. The number of fused-ring (bicyclic) bond motifs is 7. The molecule has 4 aromatic heterocycles. The summed E-state index contributed by atoms with van der Waals surface area (Å²) in [6, 6.07) is 42.2. The van der Waals surface area contributed by atoms with Crippen molar-refractivity contribution < 1.29 is 4.42 Å². The predicted molar refractivity (Wildman–Crippen MR) is 155 cm³/mol. The van der Waals surface area contributed by atoms with Gasteiger partial charge in [-0.15, -0.1) is 11.3 Å². The van der Waals surface area contributed by atoms with Crippen LogP contribution >= 0.6 is 11.3 Å². The molecule has 0 aliphatic carbocycles. The van der Waals surface area contributed by atoms with Crippen molar-refractivity contribution in [1.29, 1.82) is 0 Å². The van der Waals surface area contributed by atoms with E-state index in [1.807, 2.05) is 12.1 Å². The lowest BCUT2D eigenvalue weighted by Gasteiger charge is -2.12. The Balaban J connectivity index is 1.49. The second-order valence-corrected chi connectivity index (χ2v) is 10.3. The first-order chi connectivity index (χ1) is 18.3. The number of rotatable bonds is 3. The maximum atomic E-state index is 6.70. The summed E-state index contributed by atoms with van der Waals surface area (Å²) in [4.78, 5) is 5.20. The number of benzene rings is 4. The van der Waals surface area contributed by atoms with Crippen molar-refractivity contribution in [3.8, 4) is 28.2 Å². The fourth-order valence-electron chi connectivity index (χ4n) is 5.33. The average Bonchev–Trinajstić information content (AvgIpc) is 3.61. The molecule has 0 atom stereocenters. The van der Waals surface area contributed by atoms with Crippen molar-refractivity contribution in [3.63, 3.8) is 0 Å². The fourth-order valence-corrected chi connectivity index (χ4v) is 6.51. The number of nitrogens with zero attached hydrogens (tertiary/aromatic N) is 2. The summed E-state index contributed by atoms with van der Waals surface area (Å²) in [5.41, 5.74) is 7.17. The number of furan rings is 1. The molecule has 4 heterocycles. The van der Waals surface area contributed by atoms with E-state index in [1.165, 1.54) is 14.8 Å². The monoisotopic (exact) mass is 492 g/mol. The number of hydrogen-bond donors (Lipinski definition) is 0. The molecule has 0 amide bonds. The van der Waals surface area contributed by atoms with E-state index in [1.54, 1.807) is 11.3 Å². The molecule has 174 valence electrons. The molecule has 0 unspecified atom stereocenters. The Hall–Kier alpha value is -4.67. The van der Waals surface area contributed by atoms with Crippen LogP contribution in [0.25, 0.3) is 70.6 Å². The molecule has 37 heavy (non-hydrogen) atoms. The van der Waals surface area contributed by atoms with E-state index in [9.17, 15) is 0 Å². The number of thiophene rings is 1. The molecule has 0 aliphatic rings. The Morgan fingerprint density at radius 2 is 1.30 bits per heavy atom. The van der Waals surface area contributed by atoms with E-state index in [2.05, 4.69) is 114 Å².